The van der Waals surface area contributed by atoms with Crippen LogP contribution in [0.25, 0.3) is 0 Å². The summed E-state index contributed by atoms with van der Waals surface area (Å²) in [6.07, 6.45) is 5.04. The van der Waals surface area contributed by atoms with E-state index in [0.717, 1.165) is 17.3 Å². The van der Waals surface area contributed by atoms with Crippen LogP contribution in [0.3, 0.4) is 0 Å². The number of rotatable bonds is 5. The highest BCUT2D eigenvalue weighted by Gasteiger charge is 1.86. The van der Waals surface area contributed by atoms with Crippen molar-refractivity contribution < 1.29 is 0 Å². The Bertz CT molecular complexity index is 125. The SMILES string of the molecule is C#CCSCCSCC#N. The molecule has 0 amide bonds. The fourth-order valence-electron chi connectivity index (χ4n) is 0.367. The van der Waals surface area contributed by atoms with Crippen LogP contribution in [0.5, 0.6) is 0 Å². The maximum Gasteiger partial charge on any atom is 0.0808 e. The van der Waals surface area contributed by atoms with Crippen molar-refractivity contribution in [1.82, 2.24) is 0 Å². The topological polar surface area (TPSA) is 23.8 Å². The summed E-state index contributed by atoms with van der Waals surface area (Å²) in [6, 6.07) is 2.07. The molecule has 0 aliphatic carbocycles. The van der Waals surface area contributed by atoms with Gasteiger partial charge in [0, 0.05) is 11.5 Å². The largest absolute Gasteiger partial charge is 0.197 e. The first kappa shape index (κ1) is 9.75. The summed E-state index contributed by atoms with van der Waals surface area (Å²) < 4.78 is 0. The van der Waals surface area contributed by atoms with E-state index in [9.17, 15) is 0 Å². The zero-order valence-electron chi connectivity index (χ0n) is 5.67. The van der Waals surface area contributed by atoms with Crippen molar-refractivity contribution in [3.05, 3.63) is 0 Å². The molecule has 0 atom stereocenters. The van der Waals surface area contributed by atoms with Crippen LogP contribution < -0.4 is 0 Å². The lowest BCUT2D eigenvalue weighted by Crippen LogP contribution is -1.85. The van der Waals surface area contributed by atoms with Crippen LogP contribution in [0.2, 0.25) is 0 Å². The van der Waals surface area contributed by atoms with Gasteiger partial charge in [0.15, 0.2) is 0 Å². The van der Waals surface area contributed by atoms with E-state index in [1.54, 1.807) is 23.5 Å². The van der Waals surface area contributed by atoms with Crippen LogP contribution in [-0.4, -0.2) is 23.0 Å². The number of thioether (sulfide) groups is 2. The van der Waals surface area contributed by atoms with Crippen LogP contribution in [-0.2, 0) is 0 Å². The van der Waals surface area contributed by atoms with Crippen molar-refractivity contribution in [2.45, 2.75) is 0 Å². The fourth-order valence-corrected chi connectivity index (χ4v) is 1.81. The molecule has 0 saturated heterocycles. The van der Waals surface area contributed by atoms with Gasteiger partial charge in [-0.15, -0.1) is 29.9 Å². The third-order valence-corrected chi connectivity index (χ3v) is 2.67. The first-order valence-electron chi connectivity index (χ1n) is 2.87. The number of nitriles is 1. The minimum atomic E-state index is 0.594. The van der Waals surface area contributed by atoms with Gasteiger partial charge in [-0.1, -0.05) is 5.92 Å². The van der Waals surface area contributed by atoms with Crippen molar-refractivity contribution >= 4 is 23.5 Å². The molecule has 0 radical (unpaired) electrons. The van der Waals surface area contributed by atoms with Gasteiger partial charge >= 0.3 is 0 Å². The molecule has 0 aromatic carbocycles. The Kier molecular flexibility index (Phi) is 8.53. The van der Waals surface area contributed by atoms with E-state index in [1.807, 2.05) is 0 Å². The number of hydrogen-bond acceptors (Lipinski definition) is 3. The van der Waals surface area contributed by atoms with Gasteiger partial charge < -0.3 is 0 Å². The maximum atomic E-state index is 8.16. The molecule has 10 heavy (non-hydrogen) atoms. The van der Waals surface area contributed by atoms with Gasteiger partial charge in [-0.05, 0) is 0 Å². The Labute approximate surface area is 70.6 Å². The van der Waals surface area contributed by atoms with Crippen molar-refractivity contribution in [3.8, 4) is 18.4 Å². The maximum absolute atomic E-state index is 8.16. The normalized spacial score (nSPS) is 8.20. The molecule has 1 nitrogen and oxygen atoms in total. The fraction of sp³-hybridized carbons (Fsp3) is 0.571. The van der Waals surface area contributed by atoms with E-state index in [0.29, 0.717) is 5.75 Å². The van der Waals surface area contributed by atoms with E-state index in [2.05, 4.69) is 12.0 Å². The Morgan fingerprint density at radius 1 is 1.20 bits per heavy atom. The zero-order valence-corrected chi connectivity index (χ0v) is 7.30. The molecule has 0 bridgehead atoms. The minimum absolute atomic E-state index is 0.594. The third-order valence-electron chi connectivity index (χ3n) is 0.724. The first-order chi connectivity index (χ1) is 4.91. The highest BCUT2D eigenvalue weighted by molar-refractivity contribution is 8.03. The lowest BCUT2D eigenvalue weighted by molar-refractivity contribution is 1.48. The Morgan fingerprint density at radius 3 is 2.30 bits per heavy atom. The van der Waals surface area contributed by atoms with Crippen molar-refractivity contribution in [3.63, 3.8) is 0 Å². The summed E-state index contributed by atoms with van der Waals surface area (Å²) >= 11 is 3.39. The summed E-state index contributed by atoms with van der Waals surface area (Å²) in [5, 5.41) is 8.16. The smallest absolute Gasteiger partial charge is 0.0808 e. The molecule has 0 spiro atoms. The van der Waals surface area contributed by atoms with Crippen LogP contribution in [0.15, 0.2) is 0 Å². The number of terminal acetylenes is 1. The summed E-state index contributed by atoms with van der Waals surface area (Å²) in [5.41, 5.74) is 0. The lowest BCUT2D eigenvalue weighted by atomic mass is 10.8. The van der Waals surface area contributed by atoms with Gasteiger partial charge in [0.05, 0.1) is 17.6 Å². The van der Waals surface area contributed by atoms with Crippen molar-refractivity contribution in [1.29, 1.82) is 5.26 Å². The van der Waals surface area contributed by atoms with E-state index in [1.165, 1.54) is 0 Å². The van der Waals surface area contributed by atoms with Gasteiger partial charge in [0.2, 0.25) is 0 Å². The number of nitrogens with zero attached hydrogens (tertiary/aromatic N) is 1. The highest BCUT2D eigenvalue weighted by atomic mass is 32.2. The summed E-state index contributed by atoms with van der Waals surface area (Å²) in [7, 11) is 0. The van der Waals surface area contributed by atoms with E-state index < -0.39 is 0 Å². The molecule has 0 aliphatic heterocycles. The quantitative estimate of drug-likeness (QED) is 0.464. The van der Waals surface area contributed by atoms with Gasteiger partial charge in [0.25, 0.3) is 0 Å². The third kappa shape index (κ3) is 7.75. The van der Waals surface area contributed by atoms with Crippen LogP contribution >= 0.6 is 23.5 Å². The van der Waals surface area contributed by atoms with Crippen molar-refractivity contribution in [2.24, 2.45) is 0 Å². The second-order valence-electron chi connectivity index (χ2n) is 1.47. The average Bonchev–Trinajstić information content (AvgIpc) is 1.97. The van der Waals surface area contributed by atoms with Gasteiger partial charge in [-0.3, -0.25) is 0 Å². The Morgan fingerprint density at radius 2 is 1.80 bits per heavy atom. The molecular formula is C7H9NS2. The standard InChI is InChI=1S/C7H9NS2/c1-2-4-9-6-7-10-5-3-8/h1H,4-7H2. The molecule has 0 heterocycles. The predicted octanol–water partition coefficient (Wildman–Crippen LogP) is 1.61. The predicted molar refractivity (Wildman–Crippen MR) is 49.1 cm³/mol. The van der Waals surface area contributed by atoms with E-state index in [4.69, 9.17) is 11.7 Å². The molecule has 0 aromatic heterocycles. The lowest BCUT2D eigenvalue weighted by Gasteiger charge is -1.93. The Hall–Kier alpha value is -0.250. The molecule has 0 unspecified atom stereocenters. The summed E-state index contributed by atoms with van der Waals surface area (Å²) in [6.45, 7) is 0. The average molecular weight is 171 g/mol. The van der Waals surface area contributed by atoms with Crippen LogP contribution in [0.4, 0.5) is 0 Å². The molecule has 0 aromatic rings. The minimum Gasteiger partial charge on any atom is -0.197 e. The zero-order chi connectivity index (χ0) is 7.66. The van der Waals surface area contributed by atoms with Crippen LogP contribution in [0.1, 0.15) is 0 Å². The molecule has 3 heteroatoms. The first-order valence-corrected chi connectivity index (χ1v) is 5.18. The summed E-state index contributed by atoms with van der Waals surface area (Å²) in [5.74, 6) is 6.01. The highest BCUT2D eigenvalue weighted by Crippen LogP contribution is 2.04. The number of hydrogen-bond donors (Lipinski definition) is 0. The molecule has 54 valence electrons. The second kappa shape index (κ2) is 8.75. The van der Waals surface area contributed by atoms with E-state index >= 15 is 0 Å². The van der Waals surface area contributed by atoms with Gasteiger partial charge in [-0.25, -0.2) is 0 Å². The molecule has 0 rings (SSSR count). The summed E-state index contributed by atoms with van der Waals surface area (Å²) in [4.78, 5) is 0. The van der Waals surface area contributed by atoms with Gasteiger partial charge in [0.1, 0.15) is 0 Å². The van der Waals surface area contributed by atoms with Gasteiger partial charge in [-0.2, -0.15) is 5.26 Å². The molecule has 0 N–H and O–H groups in total. The molecule has 0 saturated carbocycles. The second-order valence-corrected chi connectivity index (χ2v) is 3.68. The van der Waals surface area contributed by atoms with Crippen LogP contribution in [0, 0.1) is 23.7 Å². The monoisotopic (exact) mass is 171 g/mol. The van der Waals surface area contributed by atoms with Crippen molar-refractivity contribution in [2.75, 3.05) is 23.0 Å². The molecular weight excluding hydrogens is 162 g/mol. The Balaban J connectivity index is 2.80. The molecule has 0 fully saturated rings. The van der Waals surface area contributed by atoms with E-state index in [-0.39, 0.29) is 0 Å². The molecule has 0 aliphatic rings.